The summed E-state index contributed by atoms with van der Waals surface area (Å²) in [6.45, 7) is 3.74. The van der Waals surface area contributed by atoms with Crippen LogP contribution in [0.3, 0.4) is 0 Å². The third kappa shape index (κ3) is 2.21. The molecule has 0 spiro atoms. The number of amides is 1. The quantitative estimate of drug-likeness (QED) is 0.698. The highest BCUT2D eigenvalue weighted by Gasteiger charge is 2.32. The third-order valence-electron chi connectivity index (χ3n) is 2.97. The average Bonchev–Trinajstić information content (AvgIpc) is 2.79. The van der Waals surface area contributed by atoms with Gasteiger partial charge in [-0.25, -0.2) is 0 Å². The van der Waals surface area contributed by atoms with E-state index in [2.05, 4.69) is 5.32 Å². The Morgan fingerprint density at radius 1 is 1.46 bits per heavy atom. The molecule has 2 fully saturated rings. The molecule has 1 heterocycles. The lowest BCUT2D eigenvalue weighted by Gasteiger charge is -2.24. The fourth-order valence-corrected chi connectivity index (χ4v) is 2.07. The van der Waals surface area contributed by atoms with Crippen molar-refractivity contribution in [1.29, 1.82) is 0 Å². The van der Waals surface area contributed by atoms with Crippen molar-refractivity contribution in [3.8, 4) is 0 Å². The van der Waals surface area contributed by atoms with Gasteiger partial charge in [-0.3, -0.25) is 4.79 Å². The van der Waals surface area contributed by atoms with E-state index in [0.717, 1.165) is 13.1 Å². The Hall–Kier alpha value is -0.570. The molecule has 2 rings (SSSR count). The second-order valence-corrected chi connectivity index (χ2v) is 4.20. The van der Waals surface area contributed by atoms with Crippen LogP contribution in [-0.4, -0.2) is 36.0 Å². The minimum absolute atomic E-state index is 0.246. The van der Waals surface area contributed by atoms with Crippen LogP contribution in [0.4, 0.5) is 0 Å². The Labute approximate surface area is 79.5 Å². The van der Waals surface area contributed by atoms with Gasteiger partial charge in [-0.15, -0.1) is 0 Å². The third-order valence-corrected chi connectivity index (χ3v) is 2.97. The zero-order valence-electron chi connectivity index (χ0n) is 8.25. The van der Waals surface area contributed by atoms with E-state index < -0.39 is 0 Å². The van der Waals surface area contributed by atoms with E-state index in [1.54, 1.807) is 6.92 Å². The van der Waals surface area contributed by atoms with Crippen LogP contribution < -0.4 is 5.32 Å². The molecule has 74 valence electrons. The topological polar surface area (TPSA) is 32.3 Å². The smallest absolute Gasteiger partial charge is 0.219 e. The molecule has 1 aliphatic heterocycles. The molecule has 0 aromatic carbocycles. The molecule has 1 amide bonds. The summed E-state index contributed by atoms with van der Waals surface area (Å²) in [7, 11) is 0. The SMILES string of the molecule is CC(=O)N(CC1CCCN1)C1CC1. The summed E-state index contributed by atoms with van der Waals surface area (Å²) in [4.78, 5) is 13.4. The average molecular weight is 182 g/mol. The van der Waals surface area contributed by atoms with Crippen molar-refractivity contribution in [1.82, 2.24) is 10.2 Å². The van der Waals surface area contributed by atoms with Crippen LogP contribution in [0.15, 0.2) is 0 Å². The van der Waals surface area contributed by atoms with E-state index >= 15 is 0 Å². The maximum atomic E-state index is 11.3. The summed E-state index contributed by atoms with van der Waals surface area (Å²) in [6.07, 6.45) is 4.93. The van der Waals surface area contributed by atoms with Gasteiger partial charge in [-0.2, -0.15) is 0 Å². The first-order chi connectivity index (χ1) is 6.27. The molecule has 0 bridgehead atoms. The lowest BCUT2D eigenvalue weighted by molar-refractivity contribution is -0.129. The Bertz CT molecular complexity index is 195. The second kappa shape index (κ2) is 3.66. The molecular formula is C10H18N2O. The summed E-state index contributed by atoms with van der Waals surface area (Å²) in [5, 5.41) is 3.43. The predicted octanol–water partition coefficient (Wildman–Crippen LogP) is 0.749. The normalized spacial score (nSPS) is 27.6. The fraction of sp³-hybridized carbons (Fsp3) is 0.900. The van der Waals surface area contributed by atoms with Gasteiger partial charge in [-0.1, -0.05) is 0 Å². The molecule has 0 aromatic heterocycles. The molecule has 13 heavy (non-hydrogen) atoms. The zero-order valence-corrected chi connectivity index (χ0v) is 8.25. The fourth-order valence-electron chi connectivity index (χ4n) is 2.07. The van der Waals surface area contributed by atoms with E-state index in [0.29, 0.717) is 12.1 Å². The lowest BCUT2D eigenvalue weighted by Crippen LogP contribution is -2.41. The first-order valence-electron chi connectivity index (χ1n) is 5.28. The van der Waals surface area contributed by atoms with Crippen molar-refractivity contribution in [3.63, 3.8) is 0 Å². The van der Waals surface area contributed by atoms with Crippen LogP contribution in [-0.2, 0) is 4.79 Å². The van der Waals surface area contributed by atoms with E-state index in [4.69, 9.17) is 0 Å². The van der Waals surface area contributed by atoms with Gasteiger partial charge in [0.2, 0.25) is 5.91 Å². The summed E-state index contributed by atoms with van der Waals surface area (Å²) in [6, 6.07) is 1.13. The van der Waals surface area contributed by atoms with Gasteiger partial charge >= 0.3 is 0 Å². The number of carbonyl (C=O) groups excluding carboxylic acids is 1. The molecule has 2 aliphatic rings. The summed E-state index contributed by atoms with van der Waals surface area (Å²) in [5.74, 6) is 0.246. The predicted molar refractivity (Wildman–Crippen MR) is 51.4 cm³/mol. The van der Waals surface area contributed by atoms with Crippen molar-refractivity contribution < 1.29 is 4.79 Å². The monoisotopic (exact) mass is 182 g/mol. The Morgan fingerprint density at radius 2 is 2.23 bits per heavy atom. The summed E-state index contributed by atoms with van der Waals surface area (Å²) in [5.41, 5.74) is 0. The van der Waals surface area contributed by atoms with Crippen molar-refractivity contribution in [2.75, 3.05) is 13.1 Å². The highest BCUT2D eigenvalue weighted by molar-refractivity contribution is 5.74. The molecule has 1 saturated heterocycles. The highest BCUT2D eigenvalue weighted by atomic mass is 16.2. The van der Waals surface area contributed by atoms with Gasteiger partial charge in [-0.05, 0) is 32.2 Å². The van der Waals surface area contributed by atoms with E-state index in [9.17, 15) is 4.79 Å². The van der Waals surface area contributed by atoms with E-state index in [1.165, 1.54) is 25.7 Å². The van der Waals surface area contributed by atoms with Crippen LogP contribution >= 0.6 is 0 Å². The number of nitrogens with zero attached hydrogens (tertiary/aromatic N) is 1. The molecule has 1 atom stereocenters. The van der Waals surface area contributed by atoms with Gasteiger partial charge in [0, 0.05) is 25.6 Å². The number of carbonyl (C=O) groups is 1. The molecule has 3 nitrogen and oxygen atoms in total. The van der Waals surface area contributed by atoms with Gasteiger partial charge < -0.3 is 10.2 Å². The Kier molecular flexibility index (Phi) is 2.54. The Balaban J connectivity index is 1.84. The number of hydrogen-bond acceptors (Lipinski definition) is 2. The minimum Gasteiger partial charge on any atom is -0.338 e. The van der Waals surface area contributed by atoms with Crippen LogP contribution in [0.2, 0.25) is 0 Å². The van der Waals surface area contributed by atoms with Gasteiger partial charge in [0.15, 0.2) is 0 Å². The molecular weight excluding hydrogens is 164 g/mol. The van der Waals surface area contributed by atoms with Gasteiger partial charge in [0.1, 0.15) is 0 Å². The molecule has 0 radical (unpaired) electrons. The minimum atomic E-state index is 0.246. The standard InChI is InChI=1S/C10H18N2O/c1-8(13)12(10-4-5-10)7-9-3-2-6-11-9/h9-11H,2-7H2,1H3. The largest absolute Gasteiger partial charge is 0.338 e. The van der Waals surface area contributed by atoms with E-state index in [1.807, 2.05) is 4.90 Å². The molecule has 0 aromatic rings. The van der Waals surface area contributed by atoms with Crippen LogP contribution in [0.5, 0.6) is 0 Å². The molecule has 1 unspecified atom stereocenters. The molecule has 3 heteroatoms. The maximum absolute atomic E-state index is 11.3. The van der Waals surface area contributed by atoms with Crippen molar-refractivity contribution in [2.24, 2.45) is 0 Å². The van der Waals surface area contributed by atoms with Gasteiger partial charge in [0.05, 0.1) is 0 Å². The van der Waals surface area contributed by atoms with Crippen LogP contribution in [0, 0.1) is 0 Å². The molecule has 1 aliphatic carbocycles. The summed E-state index contributed by atoms with van der Waals surface area (Å²) >= 11 is 0. The van der Waals surface area contributed by atoms with E-state index in [-0.39, 0.29) is 5.91 Å². The van der Waals surface area contributed by atoms with Crippen molar-refractivity contribution in [2.45, 2.75) is 44.7 Å². The Morgan fingerprint density at radius 3 is 2.69 bits per heavy atom. The first kappa shape index (κ1) is 9.00. The van der Waals surface area contributed by atoms with Crippen molar-refractivity contribution in [3.05, 3.63) is 0 Å². The van der Waals surface area contributed by atoms with Crippen LogP contribution in [0.25, 0.3) is 0 Å². The summed E-state index contributed by atoms with van der Waals surface area (Å²) < 4.78 is 0. The number of hydrogen-bond donors (Lipinski definition) is 1. The number of nitrogens with one attached hydrogen (secondary N) is 1. The molecule has 1 N–H and O–H groups in total. The molecule has 1 saturated carbocycles. The zero-order chi connectivity index (χ0) is 9.26. The highest BCUT2D eigenvalue weighted by Crippen LogP contribution is 2.27. The van der Waals surface area contributed by atoms with Crippen molar-refractivity contribution >= 4 is 5.91 Å². The van der Waals surface area contributed by atoms with Gasteiger partial charge in [0.25, 0.3) is 0 Å². The lowest BCUT2D eigenvalue weighted by atomic mass is 10.2. The number of rotatable bonds is 3. The maximum Gasteiger partial charge on any atom is 0.219 e. The first-order valence-corrected chi connectivity index (χ1v) is 5.28. The second-order valence-electron chi connectivity index (χ2n) is 4.20. The van der Waals surface area contributed by atoms with Crippen LogP contribution in [0.1, 0.15) is 32.6 Å².